The van der Waals surface area contributed by atoms with Gasteiger partial charge in [-0.05, 0) is 38.1 Å². The molecule has 0 bridgehead atoms. The second kappa shape index (κ2) is 12.7. The van der Waals surface area contributed by atoms with Gasteiger partial charge in [0.1, 0.15) is 0 Å². The van der Waals surface area contributed by atoms with Crippen molar-refractivity contribution in [1.82, 2.24) is 5.32 Å². The van der Waals surface area contributed by atoms with Gasteiger partial charge in [-0.3, -0.25) is 0 Å². The van der Waals surface area contributed by atoms with Gasteiger partial charge in [0.2, 0.25) is 0 Å². The SMILES string of the molecule is CCCCCCCCCNC(C)CCCC(C)(C)CC. The van der Waals surface area contributed by atoms with Gasteiger partial charge in [0.25, 0.3) is 0 Å². The number of nitrogens with one attached hydrogen (secondary N) is 1. The van der Waals surface area contributed by atoms with Gasteiger partial charge in [-0.25, -0.2) is 0 Å². The highest BCUT2D eigenvalue weighted by molar-refractivity contribution is 4.68. The molecule has 0 saturated carbocycles. The average Bonchev–Trinajstić information content (AvgIpc) is 2.41. The molecule has 0 aliphatic heterocycles. The molecule has 0 aliphatic rings. The van der Waals surface area contributed by atoms with Crippen molar-refractivity contribution >= 4 is 0 Å². The Hall–Kier alpha value is -0.0400. The smallest absolute Gasteiger partial charge is 0.00387 e. The fourth-order valence-electron chi connectivity index (χ4n) is 2.60. The lowest BCUT2D eigenvalue weighted by Gasteiger charge is -2.23. The zero-order valence-corrected chi connectivity index (χ0v) is 15.1. The van der Waals surface area contributed by atoms with Crippen molar-refractivity contribution in [3.63, 3.8) is 0 Å². The molecule has 0 heterocycles. The summed E-state index contributed by atoms with van der Waals surface area (Å²) in [6.07, 6.45) is 15.2. The average molecular weight is 284 g/mol. The Balaban J connectivity index is 3.30. The molecule has 0 fully saturated rings. The van der Waals surface area contributed by atoms with Crippen LogP contribution in [0.1, 0.15) is 105 Å². The molecular weight excluding hydrogens is 242 g/mol. The van der Waals surface area contributed by atoms with Crippen molar-refractivity contribution in [2.75, 3.05) is 6.54 Å². The van der Waals surface area contributed by atoms with Crippen molar-refractivity contribution in [3.05, 3.63) is 0 Å². The second-order valence-electron chi connectivity index (χ2n) is 7.39. The third-order valence-corrected chi connectivity index (χ3v) is 4.72. The predicted molar refractivity (Wildman–Crippen MR) is 93.4 cm³/mol. The maximum Gasteiger partial charge on any atom is 0.00387 e. The lowest BCUT2D eigenvalue weighted by atomic mass is 9.84. The van der Waals surface area contributed by atoms with Gasteiger partial charge in [-0.2, -0.15) is 0 Å². The van der Waals surface area contributed by atoms with Crippen LogP contribution in [0, 0.1) is 5.41 Å². The highest BCUT2D eigenvalue weighted by Crippen LogP contribution is 2.26. The zero-order chi connectivity index (χ0) is 15.3. The lowest BCUT2D eigenvalue weighted by molar-refractivity contribution is 0.301. The Morgan fingerprint density at radius 2 is 1.45 bits per heavy atom. The van der Waals surface area contributed by atoms with Gasteiger partial charge < -0.3 is 5.32 Å². The first-order valence-corrected chi connectivity index (χ1v) is 9.25. The highest BCUT2D eigenvalue weighted by atomic mass is 14.9. The standard InChI is InChI=1S/C19H41N/c1-6-8-9-10-11-12-13-17-20-18(3)15-14-16-19(4,5)7-2/h18,20H,6-17H2,1-5H3. The first-order valence-electron chi connectivity index (χ1n) is 9.25. The summed E-state index contributed by atoms with van der Waals surface area (Å²) in [4.78, 5) is 0. The number of unbranched alkanes of at least 4 members (excludes halogenated alkanes) is 6. The zero-order valence-electron chi connectivity index (χ0n) is 15.1. The van der Waals surface area contributed by atoms with Crippen LogP contribution in [0.4, 0.5) is 0 Å². The molecule has 20 heavy (non-hydrogen) atoms. The predicted octanol–water partition coefficient (Wildman–Crippen LogP) is 6.32. The molecule has 0 spiro atoms. The van der Waals surface area contributed by atoms with Crippen LogP contribution in [0.2, 0.25) is 0 Å². The molecule has 0 aliphatic carbocycles. The molecule has 1 nitrogen and oxygen atoms in total. The summed E-state index contributed by atoms with van der Waals surface area (Å²) in [7, 11) is 0. The van der Waals surface area contributed by atoms with E-state index >= 15 is 0 Å². The van der Waals surface area contributed by atoms with Crippen molar-refractivity contribution < 1.29 is 0 Å². The fourth-order valence-corrected chi connectivity index (χ4v) is 2.60. The molecule has 0 saturated heterocycles. The molecule has 0 rings (SSSR count). The molecule has 0 aromatic heterocycles. The minimum atomic E-state index is 0.540. The summed E-state index contributed by atoms with van der Waals surface area (Å²) in [5, 5.41) is 3.69. The molecular formula is C19H41N. The van der Waals surface area contributed by atoms with E-state index in [0.717, 1.165) is 0 Å². The van der Waals surface area contributed by atoms with Gasteiger partial charge in [-0.1, -0.05) is 79.1 Å². The quantitative estimate of drug-likeness (QED) is 0.368. The summed E-state index contributed by atoms with van der Waals surface area (Å²) in [5.74, 6) is 0. The van der Waals surface area contributed by atoms with Gasteiger partial charge >= 0.3 is 0 Å². The van der Waals surface area contributed by atoms with Gasteiger partial charge in [-0.15, -0.1) is 0 Å². The molecule has 0 amide bonds. The lowest BCUT2D eigenvalue weighted by Crippen LogP contribution is -2.27. The first-order chi connectivity index (χ1) is 9.52. The van der Waals surface area contributed by atoms with Crippen LogP contribution in [0.3, 0.4) is 0 Å². The van der Waals surface area contributed by atoms with Crippen LogP contribution in [0.25, 0.3) is 0 Å². The number of rotatable bonds is 14. The maximum absolute atomic E-state index is 3.69. The normalized spacial score (nSPS) is 13.7. The minimum Gasteiger partial charge on any atom is -0.314 e. The van der Waals surface area contributed by atoms with Crippen molar-refractivity contribution in [2.24, 2.45) is 5.41 Å². The van der Waals surface area contributed by atoms with Crippen molar-refractivity contribution in [1.29, 1.82) is 0 Å². The monoisotopic (exact) mass is 283 g/mol. The van der Waals surface area contributed by atoms with E-state index in [1.165, 1.54) is 77.2 Å². The summed E-state index contributed by atoms with van der Waals surface area (Å²) >= 11 is 0. The highest BCUT2D eigenvalue weighted by Gasteiger charge is 2.14. The molecule has 1 unspecified atom stereocenters. The molecule has 1 atom stereocenters. The summed E-state index contributed by atoms with van der Waals surface area (Å²) < 4.78 is 0. The summed E-state index contributed by atoms with van der Waals surface area (Å²) in [5.41, 5.74) is 0.540. The molecule has 1 heteroatoms. The summed E-state index contributed by atoms with van der Waals surface area (Å²) in [6.45, 7) is 12.9. The third-order valence-electron chi connectivity index (χ3n) is 4.72. The van der Waals surface area contributed by atoms with E-state index < -0.39 is 0 Å². The third kappa shape index (κ3) is 13.0. The van der Waals surface area contributed by atoms with Crippen molar-refractivity contribution in [3.8, 4) is 0 Å². The van der Waals surface area contributed by atoms with E-state index in [0.29, 0.717) is 11.5 Å². The number of hydrogen-bond acceptors (Lipinski definition) is 1. The second-order valence-corrected chi connectivity index (χ2v) is 7.39. The van der Waals surface area contributed by atoms with Gasteiger partial charge in [0, 0.05) is 6.04 Å². The first kappa shape index (κ1) is 20.0. The Morgan fingerprint density at radius 3 is 2.05 bits per heavy atom. The molecule has 122 valence electrons. The Bertz CT molecular complexity index is 198. The van der Waals surface area contributed by atoms with E-state index in [9.17, 15) is 0 Å². The Morgan fingerprint density at radius 1 is 0.850 bits per heavy atom. The van der Waals surface area contributed by atoms with E-state index in [1.807, 2.05) is 0 Å². The minimum absolute atomic E-state index is 0.540. The van der Waals surface area contributed by atoms with Crippen LogP contribution >= 0.6 is 0 Å². The van der Waals surface area contributed by atoms with Crippen LogP contribution in [-0.4, -0.2) is 12.6 Å². The fraction of sp³-hybridized carbons (Fsp3) is 1.00. The van der Waals surface area contributed by atoms with Crippen LogP contribution in [-0.2, 0) is 0 Å². The van der Waals surface area contributed by atoms with Crippen LogP contribution in [0.5, 0.6) is 0 Å². The van der Waals surface area contributed by atoms with Gasteiger partial charge in [0.05, 0.1) is 0 Å². The van der Waals surface area contributed by atoms with E-state index in [1.54, 1.807) is 0 Å². The van der Waals surface area contributed by atoms with E-state index in [2.05, 4.69) is 39.9 Å². The molecule has 1 N–H and O–H groups in total. The van der Waals surface area contributed by atoms with Crippen molar-refractivity contribution in [2.45, 2.75) is 111 Å². The molecule has 0 aromatic rings. The van der Waals surface area contributed by atoms with Crippen LogP contribution in [0.15, 0.2) is 0 Å². The van der Waals surface area contributed by atoms with E-state index in [-0.39, 0.29) is 0 Å². The maximum atomic E-state index is 3.69. The molecule has 0 aromatic carbocycles. The summed E-state index contributed by atoms with van der Waals surface area (Å²) in [6, 6.07) is 0.697. The Kier molecular flexibility index (Phi) is 12.7. The number of hydrogen-bond donors (Lipinski definition) is 1. The molecule has 0 radical (unpaired) electrons. The van der Waals surface area contributed by atoms with Crippen LogP contribution < -0.4 is 5.32 Å². The van der Waals surface area contributed by atoms with E-state index in [4.69, 9.17) is 0 Å². The Labute approximate surface area is 129 Å². The topological polar surface area (TPSA) is 12.0 Å². The largest absolute Gasteiger partial charge is 0.314 e. The van der Waals surface area contributed by atoms with Gasteiger partial charge in [0.15, 0.2) is 0 Å².